The van der Waals surface area contributed by atoms with Crippen LogP contribution in [0.25, 0.3) is 0 Å². The number of nitrogens with zero attached hydrogens (tertiary/aromatic N) is 2. The molecule has 0 aliphatic carbocycles. The Labute approximate surface area is 136 Å². The standard InChI is InChI=1S/C16H26N2O5/c1-14(2,3)23-13(21)18-8-15(9-18,12(19)20)16(22)10-17-6-4-11(16)5-7-17/h11,22H,4-10H2,1-3H3,(H,19,20). The molecule has 4 heterocycles. The summed E-state index contributed by atoms with van der Waals surface area (Å²) in [6, 6.07) is 0. The summed E-state index contributed by atoms with van der Waals surface area (Å²) in [6.07, 6.45) is 1.12. The van der Waals surface area contributed by atoms with Crippen molar-refractivity contribution in [1.29, 1.82) is 0 Å². The number of likely N-dealkylation sites (tertiary alicyclic amines) is 1. The van der Waals surface area contributed by atoms with Crippen LogP contribution in [0.2, 0.25) is 0 Å². The molecule has 0 radical (unpaired) electrons. The lowest BCUT2D eigenvalue weighted by molar-refractivity contribution is -0.233. The second-order valence-electron chi connectivity index (χ2n) is 8.20. The minimum Gasteiger partial charge on any atom is -0.481 e. The molecule has 4 aliphatic rings. The summed E-state index contributed by atoms with van der Waals surface area (Å²) < 4.78 is 5.30. The first-order valence-corrected chi connectivity index (χ1v) is 8.23. The fourth-order valence-electron chi connectivity index (χ4n) is 4.24. The van der Waals surface area contributed by atoms with Gasteiger partial charge in [0.2, 0.25) is 0 Å². The summed E-state index contributed by atoms with van der Waals surface area (Å²) in [5.74, 6) is -1.03. The lowest BCUT2D eigenvalue weighted by Crippen LogP contribution is -2.78. The Kier molecular flexibility index (Phi) is 3.65. The largest absolute Gasteiger partial charge is 0.481 e. The van der Waals surface area contributed by atoms with Gasteiger partial charge >= 0.3 is 12.1 Å². The zero-order valence-corrected chi connectivity index (χ0v) is 14.0. The van der Waals surface area contributed by atoms with Crippen molar-refractivity contribution >= 4 is 12.1 Å². The Morgan fingerprint density at radius 1 is 1.13 bits per heavy atom. The second-order valence-corrected chi connectivity index (χ2v) is 8.20. The van der Waals surface area contributed by atoms with Gasteiger partial charge in [-0.15, -0.1) is 0 Å². The number of ether oxygens (including phenoxy) is 1. The Bertz CT molecular complexity index is 515. The highest BCUT2D eigenvalue weighted by Crippen LogP contribution is 2.51. The maximum absolute atomic E-state index is 12.1. The molecular weight excluding hydrogens is 300 g/mol. The van der Waals surface area contributed by atoms with E-state index in [4.69, 9.17) is 4.74 Å². The molecule has 4 rings (SSSR count). The second kappa shape index (κ2) is 5.08. The van der Waals surface area contributed by atoms with Gasteiger partial charge in [-0.05, 0) is 52.6 Å². The molecule has 2 bridgehead atoms. The van der Waals surface area contributed by atoms with Gasteiger partial charge in [0.25, 0.3) is 0 Å². The van der Waals surface area contributed by atoms with Gasteiger partial charge in [-0.1, -0.05) is 0 Å². The predicted molar refractivity (Wildman–Crippen MR) is 82.0 cm³/mol. The molecule has 1 amide bonds. The first-order valence-electron chi connectivity index (χ1n) is 8.23. The molecule has 0 saturated carbocycles. The lowest BCUT2D eigenvalue weighted by Gasteiger charge is -2.62. The van der Waals surface area contributed by atoms with E-state index in [-0.39, 0.29) is 19.0 Å². The predicted octanol–water partition coefficient (Wildman–Crippen LogP) is 0.765. The van der Waals surface area contributed by atoms with Gasteiger partial charge in [0.1, 0.15) is 11.0 Å². The number of hydrogen-bond donors (Lipinski definition) is 2. The number of aliphatic hydroxyl groups is 1. The third kappa shape index (κ3) is 2.50. The summed E-state index contributed by atoms with van der Waals surface area (Å²) >= 11 is 0. The number of rotatable bonds is 2. The van der Waals surface area contributed by atoms with Crippen molar-refractivity contribution in [1.82, 2.24) is 9.80 Å². The van der Waals surface area contributed by atoms with Gasteiger partial charge in [-0.25, -0.2) is 4.79 Å². The third-order valence-electron chi connectivity index (χ3n) is 5.54. The zero-order valence-electron chi connectivity index (χ0n) is 14.0. The van der Waals surface area contributed by atoms with Gasteiger partial charge in [0.05, 0.1) is 5.60 Å². The number of carbonyl (C=O) groups is 2. The van der Waals surface area contributed by atoms with E-state index in [1.54, 1.807) is 20.8 Å². The molecule has 7 heteroatoms. The number of piperidine rings is 3. The normalized spacial score (nSPS) is 35.6. The Morgan fingerprint density at radius 2 is 1.70 bits per heavy atom. The number of carbonyl (C=O) groups excluding carboxylic acids is 1. The molecule has 0 aromatic rings. The molecule has 4 aliphatic heterocycles. The molecule has 1 atom stereocenters. The number of amides is 1. The van der Waals surface area contributed by atoms with Crippen LogP contribution < -0.4 is 0 Å². The monoisotopic (exact) mass is 326 g/mol. The number of carboxylic acid groups (broad SMARTS) is 1. The molecule has 130 valence electrons. The highest BCUT2D eigenvalue weighted by atomic mass is 16.6. The molecule has 0 aromatic carbocycles. The van der Waals surface area contributed by atoms with Gasteiger partial charge in [-0.2, -0.15) is 0 Å². The maximum Gasteiger partial charge on any atom is 0.410 e. The van der Waals surface area contributed by atoms with E-state index in [2.05, 4.69) is 4.90 Å². The van der Waals surface area contributed by atoms with Crippen molar-refractivity contribution < 1.29 is 24.5 Å². The van der Waals surface area contributed by atoms with E-state index < -0.39 is 28.7 Å². The maximum atomic E-state index is 12.1. The summed E-state index contributed by atoms with van der Waals surface area (Å²) in [5, 5.41) is 21.0. The van der Waals surface area contributed by atoms with E-state index in [1.165, 1.54) is 4.90 Å². The Hall–Kier alpha value is -1.34. The highest BCUT2D eigenvalue weighted by Gasteiger charge is 2.68. The number of carboxylic acids is 1. The number of aliphatic carboxylic acids is 1. The molecule has 23 heavy (non-hydrogen) atoms. The van der Waals surface area contributed by atoms with Crippen LogP contribution in [0.1, 0.15) is 33.6 Å². The summed E-state index contributed by atoms with van der Waals surface area (Å²) in [5.41, 5.74) is -3.17. The molecule has 4 fully saturated rings. The van der Waals surface area contributed by atoms with E-state index in [0.717, 1.165) is 25.9 Å². The van der Waals surface area contributed by atoms with Crippen molar-refractivity contribution in [2.24, 2.45) is 11.3 Å². The molecule has 0 spiro atoms. The lowest BCUT2D eigenvalue weighted by atomic mass is 9.57. The molecule has 0 aromatic heterocycles. The Morgan fingerprint density at radius 3 is 2.09 bits per heavy atom. The fourth-order valence-corrected chi connectivity index (χ4v) is 4.24. The number of fused-ring (bicyclic) bond motifs is 3. The van der Waals surface area contributed by atoms with Crippen LogP contribution in [0.4, 0.5) is 4.79 Å². The van der Waals surface area contributed by atoms with E-state index >= 15 is 0 Å². The average molecular weight is 326 g/mol. The van der Waals surface area contributed by atoms with Crippen molar-refractivity contribution in [3.05, 3.63) is 0 Å². The fraction of sp³-hybridized carbons (Fsp3) is 0.875. The molecular formula is C16H26N2O5. The molecule has 7 nitrogen and oxygen atoms in total. The topological polar surface area (TPSA) is 90.3 Å². The van der Waals surface area contributed by atoms with E-state index in [9.17, 15) is 19.8 Å². The third-order valence-corrected chi connectivity index (χ3v) is 5.54. The molecule has 1 unspecified atom stereocenters. The van der Waals surface area contributed by atoms with Crippen molar-refractivity contribution in [2.75, 3.05) is 32.7 Å². The molecule has 2 N–H and O–H groups in total. The van der Waals surface area contributed by atoms with Crippen molar-refractivity contribution in [3.8, 4) is 0 Å². The average Bonchev–Trinajstić information content (AvgIpc) is 2.35. The first kappa shape index (κ1) is 16.5. The van der Waals surface area contributed by atoms with Crippen molar-refractivity contribution in [2.45, 2.75) is 44.8 Å². The van der Waals surface area contributed by atoms with Gasteiger partial charge < -0.3 is 24.7 Å². The Balaban J connectivity index is 1.77. The number of hydrogen-bond acceptors (Lipinski definition) is 5. The smallest absolute Gasteiger partial charge is 0.410 e. The van der Waals surface area contributed by atoms with Crippen LogP contribution in [-0.4, -0.2) is 76.0 Å². The van der Waals surface area contributed by atoms with Crippen LogP contribution in [0.5, 0.6) is 0 Å². The van der Waals surface area contributed by atoms with Crippen LogP contribution >= 0.6 is 0 Å². The van der Waals surface area contributed by atoms with Gasteiger partial charge in [0.15, 0.2) is 0 Å². The SMILES string of the molecule is CC(C)(C)OC(=O)N1CC(C(=O)O)(C2(O)CN3CCC2CC3)C1. The summed E-state index contributed by atoms with van der Waals surface area (Å²) in [4.78, 5) is 27.6. The van der Waals surface area contributed by atoms with E-state index in [0.29, 0.717) is 6.54 Å². The highest BCUT2D eigenvalue weighted by molar-refractivity contribution is 5.82. The summed E-state index contributed by atoms with van der Waals surface area (Å²) in [7, 11) is 0. The van der Waals surface area contributed by atoms with E-state index in [1.807, 2.05) is 0 Å². The first-order chi connectivity index (χ1) is 10.6. The zero-order chi connectivity index (χ0) is 17.0. The minimum atomic E-state index is -1.28. The van der Waals surface area contributed by atoms with Crippen LogP contribution in [0.3, 0.4) is 0 Å². The van der Waals surface area contributed by atoms with Gasteiger partial charge in [-0.3, -0.25) is 4.79 Å². The quantitative estimate of drug-likeness (QED) is 0.779. The van der Waals surface area contributed by atoms with Crippen molar-refractivity contribution in [3.63, 3.8) is 0 Å². The summed E-state index contributed by atoms with van der Waals surface area (Å²) in [6.45, 7) is 7.56. The van der Waals surface area contributed by atoms with Crippen LogP contribution in [0, 0.1) is 11.3 Å². The molecule has 4 saturated heterocycles. The minimum absolute atomic E-state index is 0.00983. The van der Waals surface area contributed by atoms with Gasteiger partial charge in [0, 0.05) is 19.6 Å². The van der Waals surface area contributed by atoms with Crippen LogP contribution in [-0.2, 0) is 9.53 Å². The van der Waals surface area contributed by atoms with Crippen LogP contribution in [0.15, 0.2) is 0 Å².